The van der Waals surface area contributed by atoms with Crippen molar-refractivity contribution >= 4 is 5.91 Å². The minimum Gasteiger partial charge on any atom is -0.350 e. The number of nitrogens with zero attached hydrogens (tertiary/aromatic N) is 2. The standard InChI is InChI=1S/C16H19N3O/c1-3-15(13-7-5-4-6-8-13)16(20)17-10-14-9-12(2)18-11-19-14/h4-9,11,15H,3,10H2,1-2H3,(H,17,20). The van der Waals surface area contributed by atoms with Crippen molar-refractivity contribution in [1.82, 2.24) is 15.3 Å². The summed E-state index contributed by atoms with van der Waals surface area (Å²) in [6, 6.07) is 11.7. The van der Waals surface area contributed by atoms with Gasteiger partial charge in [0.05, 0.1) is 18.2 Å². The molecule has 0 fully saturated rings. The number of aromatic nitrogens is 2. The molecular formula is C16H19N3O. The van der Waals surface area contributed by atoms with E-state index in [2.05, 4.69) is 15.3 Å². The lowest BCUT2D eigenvalue weighted by atomic mass is 9.96. The maximum Gasteiger partial charge on any atom is 0.227 e. The van der Waals surface area contributed by atoms with Crippen molar-refractivity contribution in [2.24, 2.45) is 0 Å². The van der Waals surface area contributed by atoms with Crippen molar-refractivity contribution < 1.29 is 4.79 Å². The van der Waals surface area contributed by atoms with Crippen molar-refractivity contribution in [3.05, 3.63) is 59.7 Å². The number of aryl methyl sites for hydroxylation is 1. The molecule has 2 rings (SSSR count). The van der Waals surface area contributed by atoms with E-state index in [-0.39, 0.29) is 11.8 Å². The first-order chi connectivity index (χ1) is 9.70. The minimum atomic E-state index is -0.112. The fourth-order valence-electron chi connectivity index (χ4n) is 2.17. The summed E-state index contributed by atoms with van der Waals surface area (Å²) in [5.74, 6) is -0.0749. The first-order valence-corrected chi connectivity index (χ1v) is 6.81. The zero-order chi connectivity index (χ0) is 14.4. The second-order valence-electron chi connectivity index (χ2n) is 4.74. The molecule has 0 aliphatic rings. The number of hydrogen-bond donors (Lipinski definition) is 1. The molecular weight excluding hydrogens is 250 g/mol. The Morgan fingerprint density at radius 3 is 2.65 bits per heavy atom. The van der Waals surface area contributed by atoms with Crippen LogP contribution in [0.5, 0.6) is 0 Å². The largest absolute Gasteiger partial charge is 0.350 e. The highest BCUT2D eigenvalue weighted by molar-refractivity contribution is 5.83. The van der Waals surface area contributed by atoms with Crippen LogP contribution in [-0.4, -0.2) is 15.9 Å². The summed E-state index contributed by atoms with van der Waals surface area (Å²) in [4.78, 5) is 20.5. The quantitative estimate of drug-likeness (QED) is 0.907. The summed E-state index contributed by atoms with van der Waals surface area (Å²) in [5, 5.41) is 2.95. The Kier molecular flexibility index (Phi) is 4.82. The molecule has 20 heavy (non-hydrogen) atoms. The van der Waals surface area contributed by atoms with Crippen molar-refractivity contribution in [3.8, 4) is 0 Å². The van der Waals surface area contributed by atoms with Crippen LogP contribution in [0.2, 0.25) is 0 Å². The van der Waals surface area contributed by atoms with Crippen LogP contribution in [0.4, 0.5) is 0 Å². The lowest BCUT2D eigenvalue weighted by molar-refractivity contribution is -0.122. The van der Waals surface area contributed by atoms with Crippen LogP contribution in [0.15, 0.2) is 42.7 Å². The highest BCUT2D eigenvalue weighted by Crippen LogP contribution is 2.19. The van der Waals surface area contributed by atoms with Gasteiger partial charge in [0, 0.05) is 5.69 Å². The van der Waals surface area contributed by atoms with E-state index in [1.807, 2.05) is 50.2 Å². The highest BCUT2D eigenvalue weighted by Gasteiger charge is 2.17. The van der Waals surface area contributed by atoms with Crippen molar-refractivity contribution in [3.63, 3.8) is 0 Å². The Labute approximate surface area is 119 Å². The molecule has 1 aromatic carbocycles. The predicted octanol–water partition coefficient (Wildman–Crippen LogP) is 2.60. The number of carbonyl (C=O) groups is 1. The Bertz CT molecular complexity index is 569. The highest BCUT2D eigenvalue weighted by atomic mass is 16.1. The monoisotopic (exact) mass is 269 g/mol. The van der Waals surface area contributed by atoms with Gasteiger partial charge < -0.3 is 5.32 Å². The number of amides is 1. The third-order valence-electron chi connectivity index (χ3n) is 3.23. The molecule has 2 aromatic rings. The van der Waals surface area contributed by atoms with Crippen molar-refractivity contribution in [2.45, 2.75) is 32.7 Å². The molecule has 0 saturated heterocycles. The number of carbonyl (C=O) groups excluding carboxylic acids is 1. The lowest BCUT2D eigenvalue weighted by Crippen LogP contribution is -2.29. The molecule has 0 aliphatic heterocycles. The third-order valence-corrected chi connectivity index (χ3v) is 3.23. The molecule has 0 bridgehead atoms. The molecule has 0 aliphatic carbocycles. The maximum absolute atomic E-state index is 12.3. The van der Waals surface area contributed by atoms with Crippen LogP contribution < -0.4 is 5.32 Å². The van der Waals surface area contributed by atoms with Gasteiger partial charge in [-0.25, -0.2) is 9.97 Å². The number of benzene rings is 1. The van der Waals surface area contributed by atoms with Crippen molar-refractivity contribution in [2.75, 3.05) is 0 Å². The van der Waals surface area contributed by atoms with Gasteiger partial charge in [0.1, 0.15) is 6.33 Å². The molecule has 1 atom stereocenters. The average molecular weight is 269 g/mol. The fourth-order valence-corrected chi connectivity index (χ4v) is 2.17. The molecule has 0 spiro atoms. The van der Waals surface area contributed by atoms with E-state index < -0.39 is 0 Å². The second-order valence-corrected chi connectivity index (χ2v) is 4.74. The summed E-state index contributed by atoms with van der Waals surface area (Å²) < 4.78 is 0. The molecule has 104 valence electrons. The third kappa shape index (κ3) is 3.63. The molecule has 0 saturated carbocycles. The Balaban J connectivity index is 2.00. The Morgan fingerprint density at radius 2 is 2.00 bits per heavy atom. The van der Waals surface area contributed by atoms with Crippen LogP contribution in [0.25, 0.3) is 0 Å². The van der Waals surface area contributed by atoms with Gasteiger partial charge in [-0.15, -0.1) is 0 Å². The van der Waals surface area contributed by atoms with Crippen LogP contribution >= 0.6 is 0 Å². The normalized spacial score (nSPS) is 11.9. The first-order valence-electron chi connectivity index (χ1n) is 6.81. The van der Waals surface area contributed by atoms with Gasteiger partial charge >= 0.3 is 0 Å². The van der Waals surface area contributed by atoms with Gasteiger partial charge in [-0.1, -0.05) is 37.3 Å². The molecule has 4 heteroatoms. The SMILES string of the molecule is CCC(C(=O)NCc1cc(C)ncn1)c1ccccc1. The summed E-state index contributed by atoms with van der Waals surface area (Å²) in [6.07, 6.45) is 2.30. The first kappa shape index (κ1) is 14.2. The molecule has 0 radical (unpaired) electrons. The average Bonchev–Trinajstić information content (AvgIpc) is 2.47. The van der Waals surface area contributed by atoms with Gasteiger partial charge in [-0.05, 0) is 25.0 Å². The predicted molar refractivity (Wildman–Crippen MR) is 78.1 cm³/mol. The number of rotatable bonds is 5. The minimum absolute atomic E-state index is 0.0370. The summed E-state index contributed by atoms with van der Waals surface area (Å²) in [5.41, 5.74) is 2.78. The summed E-state index contributed by atoms with van der Waals surface area (Å²) in [6.45, 7) is 4.36. The van der Waals surface area contributed by atoms with E-state index in [1.54, 1.807) is 0 Å². The van der Waals surface area contributed by atoms with Crippen molar-refractivity contribution in [1.29, 1.82) is 0 Å². The van der Waals surface area contributed by atoms with E-state index in [9.17, 15) is 4.79 Å². The van der Waals surface area contributed by atoms with Crippen LogP contribution in [0, 0.1) is 6.92 Å². The van der Waals surface area contributed by atoms with Gasteiger partial charge in [0.25, 0.3) is 0 Å². The zero-order valence-electron chi connectivity index (χ0n) is 11.8. The topological polar surface area (TPSA) is 54.9 Å². The Hall–Kier alpha value is -2.23. The lowest BCUT2D eigenvalue weighted by Gasteiger charge is -2.15. The smallest absolute Gasteiger partial charge is 0.227 e. The van der Waals surface area contributed by atoms with E-state index in [0.29, 0.717) is 6.54 Å². The molecule has 4 nitrogen and oxygen atoms in total. The number of nitrogens with one attached hydrogen (secondary N) is 1. The van der Waals surface area contributed by atoms with E-state index >= 15 is 0 Å². The Morgan fingerprint density at radius 1 is 1.25 bits per heavy atom. The zero-order valence-corrected chi connectivity index (χ0v) is 11.8. The second kappa shape index (κ2) is 6.80. The van der Waals surface area contributed by atoms with Crippen LogP contribution in [0.1, 0.15) is 36.2 Å². The fraction of sp³-hybridized carbons (Fsp3) is 0.312. The number of hydrogen-bond acceptors (Lipinski definition) is 3. The molecule has 1 aromatic heterocycles. The summed E-state index contributed by atoms with van der Waals surface area (Å²) in [7, 11) is 0. The maximum atomic E-state index is 12.3. The molecule has 1 heterocycles. The van der Waals surface area contributed by atoms with Crippen LogP contribution in [0.3, 0.4) is 0 Å². The summed E-state index contributed by atoms with van der Waals surface area (Å²) >= 11 is 0. The van der Waals surface area contributed by atoms with Gasteiger partial charge in [0.2, 0.25) is 5.91 Å². The van der Waals surface area contributed by atoms with E-state index in [0.717, 1.165) is 23.4 Å². The van der Waals surface area contributed by atoms with Crippen LogP contribution in [-0.2, 0) is 11.3 Å². The van der Waals surface area contributed by atoms with Gasteiger partial charge in [-0.2, -0.15) is 0 Å². The molecule has 1 N–H and O–H groups in total. The van der Waals surface area contributed by atoms with Gasteiger partial charge in [-0.3, -0.25) is 4.79 Å². The molecule has 1 unspecified atom stereocenters. The van der Waals surface area contributed by atoms with E-state index in [4.69, 9.17) is 0 Å². The van der Waals surface area contributed by atoms with E-state index in [1.165, 1.54) is 6.33 Å². The molecule has 1 amide bonds. The van der Waals surface area contributed by atoms with Gasteiger partial charge in [0.15, 0.2) is 0 Å².